The molecule has 1 aliphatic carbocycles. The second kappa shape index (κ2) is 14.9. The first kappa shape index (κ1) is 36.5. The second-order valence-electron chi connectivity index (χ2n) is 15.0. The maximum Gasteiger partial charge on any atom is 0 e. The fourth-order valence-corrected chi connectivity index (χ4v) is 9.39. The zero-order chi connectivity index (χ0) is 35.9. The topological polar surface area (TPSA) is 30.7 Å². The Morgan fingerprint density at radius 3 is 2.04 bits per heavy atom. The van der Waals surface area contributed by atoms with Crippen LogP contribution >= 0.6 is 0 Å². The van der Waals surface area contributed by atoms with Crippen molar-refractivity contribution in [2.24, 2.45) is 0 Å². The first-order valence-electron chi connectivity index (χ1n) is 17.9. The van der Waals surface area contributed by atoms with Gasteiger partial charge in [-0.15, -0.1) is 29.3 Å². The largest absolute Gasteiger partial charge is 0 e. The Balaban J connectivity index is 0.000000216. The number of aromatic nitrogens is 3. The van der Waals surface area contributed by atoms with Crippen LogP contribution in [0.5, 0.6) is 0 Å². The molecule has 1 radical (unpaired) electrons. The Kier molecular flexibility index (Phi) is 10.2. The Hall–Kier alpha value is -4.87. The quantitative estimate of drug-likeness (QED) is 0.127. The Bertz CT molecular complexity index is 2500. The molecule has 3 nitrogen and oxygen atoms in total. The number of para-hydroxylation sites is 2. The SMILES string of the molecule is CC1(C)c2c[c-]c(-c3nc4ccccc4n3-c3ccc(-c4ccccc4)cc3)cc2-c2ccccc21.[CH3][Ge]([CH3])([CH3])[c]1ccc(-c2[c-]cccc2)nc1.[Ir]. The van der Waals surface area contributed by atoms with Gasteiger partial charge in [-0.3, -0.25) is 4.98 Å². The summed E-state index contributed by atoms with van der Waals surface area (Å²) in [4.78, 5) is 9.62. The van der Waals surface area contributed by atoms with Gasteiger partial charge < -0.3 is 4.57 Å². The van der Waals surface area contributed by atoms with Crippen LogP contribution in [0.25, 0.3) is 61.6 Å². The molecule has 2 heterocycles. The van der Waals surface area contributed by atoms with Gasteiger partial charge in [-0.25, -0.2) is 0 Å². The van der Waals surface area contributed by atoms with E-state index >= 15 is 0 Å². The summed E-state index contributed by atoms with van der Waals surface area (Å²) < 4.78 is 3.70. The zero-order valence-electron chi connectivity index (χ0n) is 30.7. The second-order valence-corrected chi connectivity index (χ2v) is 25.6. The maximum absolute atomic E-state index is 5.09. The van der Waals surface area contributed by atoms with Crippen LogP contribution < -0.4 is 4.40 Å². The average Bonchev–Trinajstić information content (AvgIpc) is 3.68. The summed E-state index contributed by atoms with van der Waals surface area (Å²) >= 11 is -1.72. The van der Waals surface area contributed by atoms with E-state index in [1.54, 1.807) is 0 Å². The number of hydrogen-bond donors (Lipinski definition) is 0. The Labute approximate surface area is 329 Å². The molecule has 0 saturated heterocycles. The zero-order valence-corrected chi connectivity index (χ0v) is 35.2. The first-order chi connectivity index (χ1) is 25.2. The van der Waals surface area contributed by atoms with Crippen LogP contribution in [0, 0.1) is 12.1 Å². The van der Waals surface area contributed by atoms with Crippen LogP contribution in [-0.2, 0) is 25.5 Å². The summed E-state index contributed by atoms with van der Waals surface area (Å²) in [7, 11) is 0. The van der Waals surface area contributed by atoms with E-state index in [0.717, 1.165) is 39.4 Å². The van der Waals surface area contributed by atoms with E-state index < -0.39 is 13.3 Å². The molecule has 0 spiro atoms. The molecule has 8 aromatic rings. The molecule has 0 unspecified atom stereocenters. The summed E-state index contributed by atoms with van der Waals surface area (Å²) in [5, 5.41) is 0. The van der Waals surface area contributed by atoms with E-state index in [4.69, 9.17) is 4.98 Å². The summed E-state index contributed by atoms with van der Waals surface area (Å²) in [5.41, 5.74) is 13.9. The molecule has 0 saturated carbocycles. The van der Waals surface area contributed by atoms with Crippen LogP contribution in [0.2, 0.25) is 17.3 Å². The van der Waals surface area contributed by atoms with E-state index in [1.165, 1.54) is 37.8 Å². The molecule has 5 heteroatoms. The van der Waals surface area contributed by atoms with Crippen molar-refractivity contribution in [3.63, 3.8) is 0 Å². The van der Waals surface area contributed by atoms with Gasteiger partial charge in [0.25, 0.3) is 0 Å². The normalized spacial score (nSPS) is 12.6. The molecule has 2 aromatic heterocycles. The molecule has 0 bridgehead atoms. The monoisotopic (exact) mass is 926 g/mol. The smallest absolute Gasteiger partial charge is 0 e. The summed E-state index contributed by atoms with van der Waals surface area (Å²) in [6.45, 7) is 4.60. The predicted octanol–water partition coefficient (Wildman–Crippen LogP) is 11.6. The van der Waals surface area contributed by atoms with E-state index in [1.807, 2.05) is 36.5 Å². The van der Waals surface area contributed by atoms with Crippen LogP contribution in [-0.4, -0.2) is 27.8 Å². The van der Waals surface area contributed by atoms with Gasteiger partial charge in [0, 0.05) is 25.8 Å². The maximum atomic E-state index is 5.09. The van der Waals surface area contributed by atoms with Crippen molar-refractivity contribution in [3.05, 3.63) is 181 Å². The molecule has 9 rings (SSSR count). The molecule has 0 atom stereocenters. The standard InChI is InChI=1S/C34H25N2.C14H16GeN.Ir/c1-34(2)29-13-7-6-12-27(29)28-22-25(18-21-30(28)34)33-35-31-14-8-9-15-32(31)36(33)26-19-16-24(17-20-26)23-10-4-3-5-11-23;1-15(2,3)13-9-10-14(16-11-13)12-7-5-4-6-8-12;/h3-17,19-22H,1-2H3;4-7,9-11H,1-3H3;/q2*-1;. The van der Waals surface area contributed by atoms with Gasteiger partial charge in [0.15, 0.2) is 0 Å². The summed E-state index contributed by atoms with van der Waals surface area (Å²) in [5.74, 6) is 8.05. The van der Waals surface area contributed by atoms with Gasteiger partial charge >= 0.3 is 99.8 Å². The fraction of sp³-hybridized carbons (Fsp3) is 0.125. The summed E-state index contributed by atoms with van der Waals surface area (Å²) in [6, 6.07) is 59.9. The van der Waals surface area contributed by atoms with Crippen LogP contribution in [0.3, 0.4) is 0 Å². The number of rotatable bonds is 5. The van der Waals surface area contributed by atoms with Gasteiger partial charge in [0.05, 0.1) is 16.9 Å². The van der Waals surface area contributed by atoms with Gasteiger partial charge in [-0.2, -0.15) is 0 Å². The minimum Gasteiger partial charge on any atom is 0 e. The van der Waals surface area contributed by atoms with Crippen molar-refractivity contribution < 1.29 is 20.1 Å². The van der Waals surface area contributed by atoms with Crippen molar-refractivity contribution in [2.75, 3.05) is 0 Å². The van der Waals surface area contributed by atoms with Crippen LogP contribution in [0.4, 0.5) is 0 Å². The number of imidazole rings is 1. The molecule has 0 fully saturated rings. The molecule has 0 aliphatic heterocycles. The van der Waals surface area contributed by atoms with E-state index in [9.17, 15) is 0 Å². The van der Waals surface area contributed by atoms with Crippen LogP contribution in [0.1, 0.15) is 25.0 Å². The third-order valence-corrected chi connectivity index (χ3v) is 14.4. The van der Waals surface area contributed by atoms with Gasteiger partial charge in [0.1, 0.15) is 0 Å². The third-order valence-electron chi connectivity index (χ3n) is 10.2. The van der Waals surface area contributed by atoms with E-state index in [2.05, 4.69) is 174 Å². The minimum atomic E-state index is -1.72. The minimum absolute atomic E-state index is 0. The van der Waals surface area contributed by atoms with Crippen molar-refractivity contribution in [3.8, 4) is 50.6 Å². The molecule has 0 N–H and O–H groups in total. The molecular weight excluding hydrogens is 883 g/mol. The molecule has 0 amide bonds. The number of hydrogen-bond acceptors (Lipinski definition) is 2. The van der Waals surface area contributed by atoms with Crippen molar-refractivity contribution >= 4 is 28.7 Å². The average molecular weight is 925 g/mol. The molecular formula is C48H41GeIrN3-2. The van der Waals surface area contributed by atoms with Crippen LogP contribution in [0.15, 0.2) is 158 Å². The number of pyridine rings is 1. The fourth-order valence-electron chi connectivity index (χ4n) is 7.22. The number of nitrogens with zero attached hydrogens (tertiary/aromatic N) is 3. The number of fused-ring (bicyclic) bond motifs is 4. The molecule has 1 aliphatic rings. The Morgan fingerprint density at radius 1 is 0.623 bits per heavy atom. The predicted molar refractivity (Wildman–Crippen MR) is 220 cm³/mol. The van der Waals surface area contributed by atoms with Crippen molar-refractivity contribution in [2.45, 2.75) is 36.5 Å². The summed E-state index contributed by atoms with van der Waals surface area (Å²) in [6.07, 6.45) is 2.04. The van der Waals surface area contributed by atoms with E-state index in [0.29, 0.717) is 0 Å². The van der Waals surface area contributed by atoms with Gasteiger partial charge in [0.2, 0.25) is 0 Å². The van der Waals surface area contributed by atoms with Gasteiger partial charge in [-0.1, -0.05) is 98.3 Å². The molecule has 6 aromatic carbocycles. The number of benzene rings is 6. The van der Waals surface area contributed by atoms with E-state index in [-0.39, 0.29) is 25.5 Å². The molecule has 53 heavy (non-hydrogen) atoms. The first-order valence-corrected chi connectivity index (χ1v) is 25.3. The van der Waals surface area contributed by atoms with Crippen molar-refractivity contribution in [1.29, 1.82) is 0 Å². The third kappa shape index (κ3) is 7.12. The van der Waals surface area contributed by atoms with Crippen molar-refractivity contribution in [1.82, 2.24) is 14.5 Å². The molecule has 263 valence electrons. The Morgan fingerprint density at radius 2 is 1.32 bits per heavy atom. The van der Waals surface area contributed by atoms with Gasteiger partial charge in [-0.05, 0) is 51.9 Å².